The van der Waals surface area contributed by atoms with Crippen LogP contribution < -0.4 is 10.2 Å². The molecule has 4 rings (SSSR count). The summed E-state index contributed by atoms with van der Waals surface area (Å²) in [5.74, 6) is -2.25. The lowest BCUT2D eigenvalue weighted by Crippen LogP contribution is -2.73. The summed E-state index contributed by atoms with van der Waals surface area (Å²) in [6.07, 6.45) is 4.41. The Labute approximate surface area is 152 Å². The van der Waals surface area contributed by atoms with Crippen molar-refractivity contribution in [3.63, 3.8) is 0 Å². The van der Waals surface area contributed by atoms with Gasteiger partial charge in [0, 0.05) is 57.9 Å². The number of hydrogen-bond acceptors (Lipinski definition) is 4. The van der Waals surface area contributed by atoms with Crippen LogP contribution in [-0.4, -0.2) is 68.7 Å². The van der Waals surface area contributed by atoms with Gasteiger partial charge in [-0.1, -0.05) is 6.42 Å². The maximum Gasteiger partial charge on any atom is 0.259 e. The second-order valence-electron chi connectivity index (χ2n) is 8.01. The van der Waals surface area contributed by atoms with Crippen LogP contribution in [0.1, 0.15) is 29.6 Å². The van der Waals surface area contributed by atoms with E-state index in [1.165, 1.54) is 50.4 Å². The van der Waals surface area contributed by atoms with E-state index in [4.69, 9.17) is 0 Å². The average Bonchev–Trinajstić information content (AvgIpc) is 2.52. The summed E-state index contributed by atoms with van der Waals surface area (Å²) in [5.41, 5.74) is 0.507. The summed E-state index contributed by atoms with van der Waals surface area (Å²) >= 11 is 0. The first-order valence-corrected chi connectivity index (χ1v) is 9.34. The van der Waals surface area contributed by atoms with E-state index in [0.29, 0.717) is 17.3 Å². The van der Waals surface area contributed by atoms with E-state index in [9.17, 15) is 13.6 Å². The number of piperazine rings is 1. The normalized spacial score (nSPS) is 24.9. The minimum atomic E-state index is -0.796. The minimum absolute atomic E-state index is 0.465. The van der Waals surface area contributed by atoms with Crippen LogP contribution in [0.4, 0.5) is 14.5 Å². The Morgan fingerprint density at radius 3 is 2.19 bits per heavy atom. The Morgan fingerprint density at radius 2 is 1.77 bits per heavy atom. The van der Waals surface area contributed by atoms with Gasteiger partial charge in [0.05, 0.1) is 6.17 Å². The van der Waals surface area contributed by atoms with Gasteiger partial charge in [0.1, 0.15) is 17.2 Å². The summed E-state index contributed by atoms with van der Waals surface area (Å²) in [6.45, 7) is 4.33. The van der Waals surface area contributed by atoms with Gasteiger partial charge in [0.2, 0.25) is 0 Å². The second-order valence-corrected chi connectivity index (χ2v) is 8.01. The molecule has 1 unspecified atom stereocenters. The molecule has 3 fully saturated rings. The molecular formula is C19H26F2N4O. The number of nitrogens with one attached hydrogen (secondary N) is 1. The molecule has 2 saturated heterocycles. The fourth-order valence-electron chi connectivity index (χ4n) is 4.49. The molecule has 7 heteroatoms. The number of carbonyl (C=O) groups is 1. The molecule has 0 aromatic heterocycles. The van der Waals surface area contributed by atoms with Crippen molar-refractivity contribution in [1.82, 2.24) is 15.1 Å². The molecule has 2 heterocycles. The molecular weight excluding hydrogens is 338 g/mol. The van der Waals surface area contributed by atoms with E-state index in [2.05, 4.69) is 10.2 Å². The van der Waals surface area contributed by atoms with Crippen LogP contribution in [0.2, 0.25) is 0 Å². The molecule has 1 amide bonds. The quantitative estimate of drug-likeness (QED) is 0.889. The van der Waals surface area contributed by atoms with Gasteiger partial charge < -0.3 is 15.1 Å². The summed E-state index contributed by atoms with van der Waals surface area (Å²) in [6, 6.07) is 2.56. The van der Waals surface area contributed by atoms with E-state index in [0.717, 1.165) is 32.7 Å². The van der Waals surface area contributed by atoms with Crippen molar-refractivity contribution < 1.29 is 13.6 Å². The number of anilines is 1. The zero-order valence-electron chi connectivity index (χ0n) is 15.4. The third-order valence-electron chi connectivity index (χ3n) is 6.27. The second kappa shape index (κ2) is 6.46. The van der Waals surface area contributed by atoms with E-state index in [1.54, 1.807) is 0 Å². The van der Waals surface area contributed by atoms with Gasteiger partial charge in [-0.2, -0.15) is 0 Å². The van der Waals surface area contributed by atoms with Gasteiger partial charge in [0.15, 0.2) is 0 Å². The van der Waals surface area contributed by atoms with E-state index < -0.39 is 23.1 Å². The van der Waals surface area contributed by atoms with Gasteiger partial charge in [-0.05, 0) is 25.0 Å². The van der Waals surface area contributed by atoms with Crippen molar-refractivity contribution in [2.24, 2.45) is 5.41 Å². The lowest BCUT2D eigenvalue weighted by Gasteiger charge is -2.61. The first-order chi connectivity index (χ1) is 12.4. The first kappa shape index (κ1) is 17.7. The van der Waals surface area contributed by atoms with Crippen molar-refractivity contribution in [3.8, 4) is 0 Å². The van der Waals surface area contributed by atoms with Gasteiger partial charge in [-0.15, -0.1) is 0 Å². The molecule has 0 bridgehead atoms. The molecule has 26 heavy (non-hydrogen) atoms. The highest BCUT2D eigenvalue weighted by molar-refractivity contribution is 5.94. The maximum absolute atomic E-state index is 14.4. The molecule has 1 saturated carbocycles. The van der Waals surface area contributed by atoms with Crippen molar-refractivity contribution in [2.45, 2.75) is 25.4 Å². The average molecular weight is 364 g/mol. The fraction of sp³-hybridized carbons (Fsp3) is 0.632. The van der Waals surface area contributed by atoms with Crippen LogP contribution in [0.15, 0.2) is 12.1 Å². The number of amides is 1. The number of rotatable bonds is 3. The highest BCUT2D eigenvalue weighted by Crippen LogP contribution is 2.49. The van der Waals surface area contributed by atoms with Crippen LogP contribution in [0, 0.1) is 17.0 Å². The third kappa shape index (κ3) is 2.77. The lowest BCUT2D eigenvalue weighted by molar-refractivity contribution is -0.0912. The number of carbonyl (C=O) groups excluding carboxylic acids is 1. The van der Waals surface area contributed by atoms with Crippen molar-refractivity contribution >= 4 is 11.6 Å². The van der Waals surface area contributed by atoms with Gasteiger partial charge >= 0.3 is 0 Å². The Balaban J connectivity index is 1.44. The summed E-state index contributed by atoms with van der Waals surface area (Å²) in [4.78, 5) is 17.6. The predicted molar refractivity (Wildman–Crippen MR) is 96.2 cm³/mol. The molecule has 1 aromatic carbocycles. The Morgan fingerprint density at radius 1 is 1.15 bits per heavy atom. The van der Waals surface area contributed by atoms with E-state index in [1.807, 2.05) is 4.90 Å². The summed E-state index contributed by atoms with van der Waals surface area (Å²) in [5, 5.41) is 3.56. The van der Waals surface area contributed by atoms with Gasteiger partial charge in [-0.25, -0.2) is 8.78 Å². The van der Waals surface area contributed by atoms with Crippen LogP contribution in [0.5, 0.6) is 0 Å². The van der Waals surface area contributed by atoms with Crippen molar-refractivity contribution in [2.75, 3.05) is 51.7 Å². The largest absolute Gasteiger partial charge is 0.369 e. The Bertz CT molecular complexity index is 683. The fourth-order valence-corrected chi connectivity index (χ4v) is 4.49. The minimum Gasteiger partial charge on any atom is -0.369 e. The monoisotopic (exact) mass is 364 g/mol. The zero-order valence-corrected chi connectivity index (χ0v) is 15.4. The zero-order chi connectivity index (χ0) is 18.5. The van der Waals surface area contributed by atoms with Gasteiger partial charge in [0.25, 0.3) is 5.91 Å². The standard InChI is InChI=1S/C19H26F2N4O/c1-23(2)17(26)16-14(20)10-13(11-15(16)21)24-6-8-25(9-7-24)18-19(12-22-18)4-3-5-19/h10-11,18,22H,3-9,12H2,1-2H3. The third-order valence-corrected chi connectivity index (χ3v) is 6.27. The number of hydrogen-bond donors (Lipinski definition) is 1. The Kier molecular flexibility index (Phi) is 4.39. The molecule has 1 aliphatic carbocycles. The number of halogens is 2. The molecule has 0 radical (unpaired) electrons. The summed E-state index contributed by atoms with van der Waals surface area (Å²) < 4.78 is 28.7. The van der Waals surface area contributed by atoms with Crippen LogP contribution >= 0.6 is 0 Å². The maximum atomic E-state index is 14.4. The molecule has 1 N–H and O–H groups in total. The van der Waals surface area contributed by atoms with Crippen molar-refractivity contribution in [3.05, 3.63) is 29.3 Å². The number of nitrogens with zero attached hydrogens (tertiary/aromatic N) is 3. The van der Waals surface area contributed by atoms with Crippen LogP contribution in [0.3, 0.4) is 0 Å². The van der Waals surface area contributed by atoms with Crippen molar-refractivity contribution in [1.29, 1.82) is 0 Å². The predicted octanol–water partition coefficient (Wildman–Crippen LogP) is 1.89. The van der Waals surface area contributed by atoms with Gasteiger partial charge in [-0.3, -0.25) is 9.69 Å². The number of benzene rings is 1. The van der Waals surface area contributed by atoms with Crippen LogP contribution in [-0.2, 0) is 0 Å². The molecule has 3 aliphatic rings. The molecule has 5 nitrogen and oxygen atoms in total. The molecule has 1 aromatic rings. The van der Waals surface area contributed by atoms with Crippen LogP contribution in [0.25, 0.3) is 0 Å². The first-order valence-electron chi connectivity index (χ1n) is 9.34. The highest BCUT2D eigenvalue weighted by Gasteiger charge is 2.53. The Hall–Kier alpha value is -1.73. The topological polar surface area (TPSA) is 38.8 Å². The molecule has 1 atom stereocenters. The van der Waals surface area contributed by atoms with E-state index >= 15 is 0 Å². The molecule has 142 valence electrons. The SMILES string of the molecule is CN(C)C(=O)c1c(F)cc(N2CCN(C3NCC34CCC4)CC2)cc1F. The van der Waals surface area contributed by atoms with E-state index in [-0.39, 0.29) is 0 Å². The molecule has 2 aliphatic heterocycles. The molecule has 1 spiro atoms. The summed E-state index contributed by atoms with van der Waals surface area (Å²) in [7, 11) is 2.97. The highest BCUT2D eigenvalue weighted by atomic mass is 19.1. The smallest absolute Gasteiger partial charge is 0.259 e. The lowest BCUT2D eigenvalue weighted by atomic mass is 9.61.